The number of aliphatic hydroxyl groups is 1. The molecule has 14 nitrogen and oxygen atoms in total. The molecule has 3 saturated heterocycles. The maximum absolute atomic E-state index is 13.9. The summed E-state index contributed by atoms with van der Waals surface area (Å²) in [5.74, 6) is -2.17. The van der Waals surface area contributed by atoms with Crippen molar-refractivity contribution in [3.05, 3.63) is 138 Å². The molecule has 0 radical (unpaired) electrons. The molecule has 444 valence electrons. The molecular formula is C65H96O14Si. The highest BCUT2D eigenvalue weighted by Gasteiger charge is 2.59. The summed E-state index contributed by atoms with van der Waals surface area (Å²) in [6, 6.07) is 17.7. The van der Waals surface area contributed by atoms with E-state index in [1.165, 1.54) is 26.4 Å². The van der Waals surface area contributed by atoms with Crippen LogP contribution in [-0.2, 0) is 69.9 Å². The zero-order valence-electron chi connectivity index (χ0n) is 50.2. The van der Waals surface area contributed by atoms with Gasteiger partial charge in [-0.25, -0.2) is 9.59 Å². The second-order valence-electron chi connectivity index (χ2n) is 23.8. The Morgan fingerprint density at radius 1 is 0.825 bits per heavy atom. The Hall–Kier alpha value is -4.52. The average molecular weight is 1130 g/mol. The van der Waals surface area contributed by atoms with Gasteiger partial charge in [-0.2, -0.15) is 0 Å². The zero-order chi connectivity index (χ0) is 58.5. The molecule has 0 aliphatic carbocycles. The number of hydrogen-bond donors (Lipinski definition) is 1. The molecular weight excluding hydrogens is 1030 g/mol. The fourth-order valence-electron chi connectivity index (χ4n) is 10.3. The molecule has 3 heterocycles. The molecule has 0 saturated carbocycles. The van der Waals surface area contributed by atoms with Gasteiger partial charge in [-0.1, -0.05) is 145 Å². The van der Waals surface area contributed by atoms with Gasteiger partial charge in [0.2, 0.25) is 5.79 Å². The fourth-order valence-corrected chi connectivity index (χ4v) is 11.7. The van der Waals surface area contributed by atoms with E-state index in [0.717, 1.165) is 40.9 Å². The summed E-state index contributed by atoms with van der Waals surface area (Å²) in [7, 11) is 2.06. The maximum atomic E-state index is 13.9. The van der Waals surface area contributed by atoms with Crippen molar-refractivity contribution in [3.63, 3.8) is 0 Å². The lowest BCUT2D eigenvalue weighted by molar-refractivity contribution is -0.338. The Kier molecular flexibility index (Phi) is 26.3. The van der Waals surface area contributed by atoms with Crippen molar-refractivity contribution in [3.8, 4) is 5.75 Å². The lowest BCUT2D eigenvalue weighted by Gasteiger charge is -2.53. The van der Waals surface area contributed by atoms with E-state index in [9.17, 15) is 14.7 Å². The smallest absolute Gasteiger partial charge is 0.331 e. The van der Waals surface area contributed by atoms with Crippen molar-refractivity contribution in [2.24, 2.45) is 5.41 Å². The van der Waals surface area contributed by atoms with Crippen LogP contribution in [0.4, 0.5) is 0 Å². The van der Waals surface area contributed by atoms with Crippen molar-refractivity contribution < 1.29 is 66.5 Å². The number of methoxy groups -OCH3 is 3. The predicted molar refractivity (Wildman–Crippen MR) is 315 cm³/mol. The van der Waals surface area contributed by atoms with E-state index in [4.69, 9.17) is 51.8 Å². The number of unbranched alkanes of at least 4 members (excludes halogenated alkanes) is 1. The third-order valence-corrected chi connectivity index (χ3v) is 20.3. The second kappa shape index (κ2) is 31.8. The summed E-state index contributed by atoms with van der Waals surface area (Å²) in [6.45, 7) is 28.7. The number of allylic oxidation sites excluding steroid dienone is 3. The molecule has 3 fully saturated rings. The van der Waals surface area contributed by atoms with Crippen molar-refractivity contribution in [2.75, 3.05) is 34.7 Å². The van der Waals surface area contributed by atoms with E-state index in [0.29, 0.717) is 70.2 Å². The van der Waals surface area contributed by atoms with E-state index < -0.39 is 55.9 Å². The minimum Gasteiger partial charge on any atom is -0.497 e. The molecule has 0 aromatic heterocycles. The quantitative estimate of drug-likeness (QED) is 0.0150. The topological polar surface area (TPSA) is 156 Å². The van der Waals surface area contributed by atoms with E-state index in [1.807, 2.05) is 99.7 Å². The molecule has 10 atom stereocenters. The monoisotopic (exact) mass is 1130 g/mol. The molecule has 80 heavy (non-hydrogen) atoms. The van der Waals surface area contributed by atoms with Gasteiger partial charge in [0, 0.05) is 50.5 Å². The Bertz CT molecular complexity index is 2370. The average Bonchev–Trinajstić information content (AvgIpc) is 3.56. The molecule has 2 aromatic carbocycles. The number of benzene rings is 2. The third kappa shape index (κ3) is 20.1. The van der Waals surface area contributed by atoms with E-state index in [-0.39, 0.29) is 55.4 Å². The summed E-state index contributed by atoms with van der Waals surface area (Å²) in [5.41, 5.74) is 3.62. The SMILES string of the molecule is C=C1C[C@H](C[C@@H]2CC(=C)C[C@H](/C=C/C(C)(C)[C@]3(OC)O[C@H](C[C@@H](O[Si](C)(C)C(C)(C)C)[C@@H](C)OCOCc4ccccc4)C/C(=C\C(=O)OC)[C@@H]3OC(=O)/C=C/C=C/CCC)O2)O[C@H](C[C@H](CCO)OCc2ccc(OC)cc2)C1. The Labute approximate surface area is 480 Å². The zero-order valence-corrected chi connectivity index (χ0v) is 51.2. The lowest BCUT2D eigenvalue weighted by atomic mass is 9.73. The standard InChI is InChI=1S/C65H96O14Si/c1-15-16-17-18-22-25-60(67)77-62-51(39-61(68)70-11)38-58(42-59(79-80(13,14)63(5,6)7)48(4)74-45-72-43-49-23-20-19-21-24-49)78-65(62,71-12)64(8,9)32-30-54-34-46(2)35-56(75-54)41-57-37-47(3)36-55(76-57)40-53(31-33-66)73-44-50-26-28-52(69-10)29-27-50/h17-30,32,39,48,53-59,62,66H,2-3,15-16,31,33-38,40-45H2,1,4-14H3/b18-17+,25-22+,32-30+,51-39+/t48-,53+,54+,55+,56+,57-,58+,59-,62+,65-/m1/s1. The summed E-state index contributed by atoms with van der Waals surface area (Å²) in [6.07, 6.45) is 15.2. The van der Waals surface area contributed by atoms with Crippen molar-refractivity contribution in [2.45, 2.75) is 211 Å². The van der Waals surface area contributed by atoms with Crippen molar-refractivity contribution in [1.29, 1.82) is 0 Å². The largest absolute Gasteiger partial charge is 0.497 e. The number of carbonyl (C=O) groups is 2. The first-order valence-corrected chi connectivity index (χ1v) is 31.6. The van der Waals surface area contributed by atoms with Gasteiger partial charge in [-0.3, -0.25) is 0 Å². The summed E-state index contributed by atoms with van der Waals surface area (Å²) in [4.78, 5) is 27.3. The minimum atomic E-state index is -2.43. The Morgan fingerprint density at radius 2 is 1.50 bits per heavy atom. The molecule has 3 aliphatic rings. The normalized spacial score (nSPS) is 25.1. The van der Waals surface area contributed by atoms with Gasteiger partial charge < -0.3 is 56.9 Å². The number of hydrogen-bond acceptors (Lipinski definition) is 14. The lowest BCUT2D eigenvalue weighted by Crippen LogP contribution is -2.63. The molecule has 0 spiro atoms. The molecule has 0 bridgehead atoms. The van der Waals surface area contributed by atoms with Crippen LogP contribution in [0.3, 0.4) is 0 Å². The summed E-state index contributed by atoms with van der Waals surface area (Å²) >= 11 is 0. The number of carbonyl (C=O) groups excluding carboxylic acids is 2. The first-order chi connectivity index (χ1) is 38.0. The van der Waals surface area contributed by atoms with Crippen LogP contribution >= 0.6 is 0 Å². The van der Waals surface area contributed by atoms with Gasteiger partial charge in [0.25, 0.3) is 0 Å². The van der Waals surface area contributed by atoms with Gasteiger partial charge in [-0.05, 0) is 98.8 Å². The molecule has 0 unspecified atom stereocenters. The summed E-state index contributed by atoms with van der Waals surface area (Å²) < 4.78 is 70.5. The van der Waals surface area contributed by atoms with Crippen LogP contribution in [0, 0.1) is 5.41 Å². The van der Waals surface area contributed by atoms with Gasteiger partial charge >= 0.3 is 11.9 Å². The third-order valence-electron chi connectivity index (χ3n) is 15.8. The highest BCUT2D eigenvalue weighted by Crippen LogP contribution is 2.50. The van der Waals surface area contributed by atoms with E-state index >= 15 is 0 Å². The molecule has 1 N–H and O–H groups in total. The van der Waals surface area contributed by atoms with E-state index in [1.54, 1.807) is 13.2 Å². The molecule has 3 aliphatic heterocycles. The van der Waals surface area contributed by atoms with Crippen LogP contribution in [0.2, 0.25) is 18.1 Å². The minimum absolute atomic E-state index is 0.00574. The van der Waals surface area contributed by atoms with Crippen LogP contribution in [-0.4, -0.2) is 121 Å². The van der Waals surface area contributed by atoms with Crippen molar-refractivity contribution >= 4 is 20.3 Å². The Balaban J connectivity index is 1.41. The van der Waals surface area contributed by atoms with Gasteiger partial charge in [-0.15, -0.1) is 0 Å². The highest BCUT2D eigenvalue weighted by atomic mass is 28.4. The number of aliphatic hydroxyl groups excluding tert-OH is 1. The fraction of sp³-hybridized carbons (Fsp3) is 0.600. The van der Waals surface area contributed by atoms with Gasteiger partial charge in [0.15, 0.2) is 14.4 Å². The first kappa shape index (κ1) is 66.3. The van der Waals surface area contributed by atoms with Crippen LogP contribution < -0.4 is 4.74 Å². The molecule has 15 heteroatoms. The van der Waals surface area contributed by atoms with Crippen LogP contribution in [0.15, 0.2) is 127 Å². The summed E-state index contributed by atoms with van der Waals surface area (Å²) in [5, 5.41) is 9.83. The van der Waals surface area contributed by atoms with E-state index in [2.05, 4.69) is 53.9 Å². The Morgan fingerprint density at radius 3 is 2.15 bits per heavy atom. The molecule has 2 aromatic rings. The molecule has 5 rings (SSSR count). The number of rotatable bonds is 30. The number of esters is 2. The van der Waals surface area contributed by atoms with Crippen LogP contribution in [0.25, 0.3) is 0 Å². The first-order valence-electron chi connectivity index (χ1n) is 28.7. The van der Waals surface area contributed by atoms with Crippen LogP contribution in [0.1, 0.15) is 130 Å². The van der Waals surface area contributed by atoms with Gasteiger partial charge in [0.1, 0.15) is 12.5 Å². The second-order valence-corrected chi connectivity index (χ2v) is 28.5. The molecule has 0 amide bonds. The van der Waals surface area contributed by atoms with Gasteiger partial charge in [0.05, 0.1) is 76.3 Å². The maximum Gasteiger partial charge on any atom is 0.331 e. The van der Waals surface area contributed by atoms with Crippen molar-refractivity contribution in [1.82, 2.24) is 0 Å². The highest BCUT2D eigenvalue weighted by molar-refractivity contribution is 6.74. The number of ether oxygens (including phenoxy) is 10. The van der Waals surface area contributed by atoms with Crippen LogP contribution in [0.5, 0.6) is 5.75 Å². The predicted octanol–water partition coefficient (Wildman–Crippen LogP) is 12.9.